The Balaban J connectivity index is 1.46. The number of oxazole rings is 1. The summed E-state index contributed by atoms with van der Waals surface area (Å²) in [4.78, 5) is 8.58. The van der Waals surface area contributed by atoms with Gasteiger partial charge in [-0.1, -0.05) is 12.1 Å². The van der Waals surface area contributed by atoms with Crippen molar-refractivity contribution in [3.8, 4) is 5.75 Å². The lowest BCUT2D eigenvalue weighted by molar-refractivity contribution is 0.281. The molecule has 1 aliphatic rings. The van der Waals surface area contributed by atoms with E-state index >= 15 is 0 Å². The van der Waals surface area contributed by atoms with E-state index in [2.05, 4.69) is 9.97 Å². The van der Waals surface area contributed by atoms with Gasteiger partial charge in [0.25, 0.3) is 0 Å². The number of methoxy groups -OCH3 is 1. The zero-order valence-corrected chi connectivity index (χ0v) is 17.0. The molecule has 1 fully saturated rings. The maximum Gasteiger partial charge on any atom is 0.244 e. The molecular weight excluding hydrogens is 390 g/mol. The summed E-state index contributed by atoms with van der Waals surface area (Å²) in [5.74, 6) is 2.11. The summed E-state index contributed by atoms with van der Waals surface area (Å²) in [5, 5.41) is 0. The molecule has 1 aromatic carbocycles. The van der Waals surface area contributed by atoms with Crippen LogP contribution >= 0.6 is 0 Å². The third-order valence-electron chi connectivity index (χ3n) is 5.11. The van der Waals surface area contributed by atoms with Crippen molar-refractivity contribution in [2.75, 3.05) is 20.2 Å². The van der Waals surface area contributed by atoms with Crippen molar-refractivity contribution in [2.24, 2.45) is 0 Å². The highest BCUT2D eigenvalue weighted by Gasteiger charge is 2.33. The van der Waals surface area contributed by atoms with Crippen LogP contribution in [0, 0.1) is 0 Å². The molecule has 0 spiro atoms. The zero-order chi connectivity index (χ0) is 20.3. The number of hydrogen-bond acceptors (Lipinski definition) is 6. The summed E-state index contributed by atoms with van der Waals surface area (Å²) in [6.07, 6.45) is 6.92. The Morgan fingerprint density at radius 2 is 2.03 bits per heavy atom. The second-order valence-corrected chi connectivity index (χ2v) is 9.02. The standard InChI is InChI=1S/C21H23N3O4S/c1-27-18-8-6-16(7-9-18)12-19-13-23-21(28-19)17-4-3-11-24(15-17)29(25,26)20-5-2-10-22-14-20/h2,5-10,13-14,17H,3-4,11-12,15H2,1H3/t17-/m0/s1. The molecule has 0 bridgehead atoms. The number of nitrogens with zero attached hydrogens (tertiary/aromatic N) is 3. The highest BCUT2D eigenvalue weighted by Crippen LogP contribution is 2.30. The SMILES string of the molecule is COc1ccc(Cc2cnc([C@H]3CCCN(S(=O)(=O)c4cccnc4)C3)o2)cc1. The number of aromatic nitrogens is 2. The molecule has 1 aliphatic heterocycles. The van der Waals surface area contributed by atoms with Crippen LogP contribution in [0.25, 0.3) is 0 Å². The summed E-state index contributed by atoms with van der Waals surface area (Å²) in [6, 6.07) is 11.0. The topological polar surface area (TPSA) is 85.5 Å². The number of pyridine rings is 1. The maximum atomic E-state index is 12.9. The molecule has 0 unspecified atom stereocenters. The third kappa shape index (κ3) is 4.33. The van der Waals surface area contributed by atoms with E-state index in [1.54, 1.807) is 31.6 Å². The third-order valence-corrected chi connectivity index (χ3v) is 6.96. The number of sulfonamides is 1. The van der Waals surface area contributed by atoms with E-state index < -0.39 is 10.0 Å². The minimum atomic E-state index is -3.56. The Hall–Kier alpha value is -2.71. The minimum absolute atomic E-state index is 0.0557. The van der Waals surface area contributed by atoms with Gasteiger partial charge in [0.1, 0.15) is 16.4 Å². The van der Waals surface area contributed by atoms with Crippen LogP contribution in [-0.4, -0.2) is 42.9 Å². The van der Waals surface area contributed by atoms with Crippen molar-refractivity contribution in [1.82, 2.24) is 14.3 Å². The fourth-order valence-corrected chi connectivity index (χ4v) is 5.04. The zero-order valence-electron chi connectivity index (χ0n) is 16.2. The first-order valence-electron chi connectivity index (χ1n) is 9.54. The minimum Gasteiger partial charge on any atom is -0.497 e. The highest BCUT2D eigenvalue weighted by atomic mass is 32.2. The van der Waals surface area contributed by atoms with E-state index in [9.17, 15) is 8.42 Å². The van der Waals surface area contributed by atoms with Crippen LogP contribution in [0.5, 0.6) is 5.75 Å². The van der Waals surface area contributed by atoms with Crippen LogP contribution in [0.15, 0.2) is 64.3 Å². The average molecular weight is 413 g/mol. The number of rotatable bonds is 6. The van der Waals surface area contributed by atoms with Gasteiger partial charge in [0, 0.05) is 37.8 Å². The number of hydrogen-bond donors (Lipinski definition) is 0. The second-order valence-electron chi connectivity index (χ2n) is 7.08. The van der Waals surface area contributed by atoms with Crippen LogP contribution in [0.2, 0.25) is 0 Å². The van der Waals surface area contributed by atoms with Crippen molar-refractivity contribution in [3.05, 3.63) is 72.2 Å². The lowest BCUT2D eigenvalue weighted by Crippen LogP contribution is -2.39. The monoisotopic (exact) mass is 413 g/mol. The molecule has 0 saturated carbocycles. The van der Waals surface area contributed by atoms with E-state index in [1.807, 2.05) is 24.3 Å². The molecule has 3 aromatic rings. The number of benzene rings is 1. The van der Waals surface area contributed by atoms with Crippen LogP contribution in [0.4, 0.5) is 0 Å². The Kier molecular flexibility index (Phi) is 5.64. The first-order valence-corrected chi connectivity index (χ1v) is 11.0. The van der Waals surface area contributed by atoms with Crippen LogP contribution in [0.3, 0.4) is 0 Å². The molecule has 0 aliphatic carbocycles. The van der Waals surface area contributed by atoms with Crippen LogP contribution < -0.4 is 4.74 Å². The van der Waals surface area contributed by atoms with Crippen molar-refractivity contribution in [3.63, 3.8) is 0 Å². The summed E-state index contributed by atoms with van der Waals surface area (Å²) in [6.45, 7) is 0.854. The molecular formula is C21H23N3O4S. The predicted molar refractivity (Wildman–Crippen MR) is 107 cm³/mol. The Labute approximate surface area is 170 Å². The van der Waals surface area contributed by atoms with Gasteiger partial charge in [-0.05, 0) is 42.7 Å². The lowest BCUT2D eigenvalue weighted by atomic mass is 10.00. The molecule has 3 heterocycles. The highest BCUT2D eigenvalue weighted by molar-refractivity contribution is 7.89. The van der Waals surface area contributed by atoms with Gasteiger partial charge in [-0.2, -0.15) is 4.31 Å². The van der Waals surface area contributed by atoms with Gasteiger partial charge >= 0.3 is 0 Å². The van der Waals surface area contributed by atoms with Crippen LogP contribution in [-0.2, 0) is 16.4 Å². The number of ether oxygens (including phenoxy) is 1. The van der Waals surface area contributed by atoms with Gasteiger partial charge in [-0.3, -0.25) is 4.98 Å². The van der Waals surface area contributed by atoms with E-state index in [1.165, 1.54) is 10.5 Å². The fourth-order valence-electron chi connectivity index (χ4n) is 3.55. The predicted octanol–water partition coefficient (Wildman–Crippen LogP) is 3.24. The van der Waals surface area contributed by atoms with Crippen LogP contribution in [0.1, 0.15) is 36.0 Å². The smallest absolute Gasteiger partial charge is 0.244 e. The molecule has 152 valence electrons. The van der Waals surface area contributed by atoms with Gasteiger partial charge in [0.05, 0.1) is 13.3 Å². The molecule has 1 saturated heterocycles. The molecule has 8 heteroatoms. The molecule has 2 aromatic heterocycles. The summed E-state index contributed by atoms with van der Waals surface area (Å²) < 4.78 is 38.4. The fraction of sp³-hybridized carbons (Fsp3) is 0.333. The van der Waals surface area contributed by atoms with E-state index in [0.717, 1.165) is 29.9 Å². The first-order chi connectivity index (χ1) is 14.1. The molecule has 1 atom stereocenters. The normalized spacial score (nSPS) is 17.9. The van der Waals surface area contributed by atoms with Gasteiger partial charge in [0.15, 0.2) is 5.89 Å². The molecule has 0 radical (unpaired) electrons. The van der Waals surface area contributed by atoms with E-state index in [0.29, 0.717) is 25.4 Å². The molecule has 0 N–H and O–H groups in total. The quantitative estimate of drug-likeness (QED) is 0.617. The van der Waals surface area contributed by atoms with Crippen molar-refractivity contribution < 1.29 is 17.6 Å². The van der Waals surface area contributed by atoms with Gasteiger partial charge < -0.3 is 9.15 Å². The van der Waals surface area contributed by atoms with Crippen molar-refractivity contribution in [1.29, 1.82) is 0 Å². The Morgan fingerprint density at radius 3 is 2.76 bits per heavy atom. The summed E-state index contributed by atoms with van der Waals surface area (Å²) in [5.41, 5.74) is 1.10. The molecule has 0 amide bonds. The Bertz CT molecular complexity index is 1050. The number of piperidine rings is 1. The first kappa shape index (κ1) is 19.6. The molecule has 29 heavy (non-hydrogen) atoms. The lowest BCUT2D eigenvalue weighted by Gasteiger charge is -2.30. The summed E-state index contributed by atoms with van der Waals surface area (Å²) in [7, 11) is -1.92. The van der Waals surface area contributed by atoms with Crippen molar-refractivity contribution >= 4 is 10.0 Å². The van der Waals surface area contributed by atoms with Gasteiger partial charge in [-0.25, -0.2) is 13.4 Å². The maximum absolute atomic E-state index is 12.9. The van der Waals surface area contributed by atoms with E-state index in [4.69, 9.17) is 9.15 Å². The Morgan fingerprint density at radius 1 is 1.21 bits per heavy atom. The van der Waals surface area contributed by atoms with Crippen molar-refractivity contribution in [2.45, 2.75) is 30.1 Å². The average Bonchev–Trinajstić information content (AvgIpc) is 3.23. The molecule has 4 rings (SSSR count). The van der Waals surface area contributed by atoms with Gasteiger partial charge in [0.2, 0.25) is 10.0 Å². The summed E-state index contributed by atoms with van der Waals surface area (Å²) >= 11 is 0. The van der Waals surface area contributed by atoms with Gasteiger partial charge in [-0.15, -0.1) is 0 Å². The van der Waals surface area contributed by atoms with E-state index in [-0.39, 0.29) is 10.8 Å². The molecule has 7 nitrogen and oxygen atoms in total. The largest absolute Gasteiger partial charge is 0.497 e. The second kappa shape index (κ2) is 8.34.